The third-order valence-electron chi connectivity index (χ3n) is 17.3. The van der Waals surface area contributed by atoms with Crippen LogP contribution in [0, 0.1) is 46.3 Å². The third-order valence-corrected chi connectivity index (χ3v) is 17.3. The molecule has 9 aliphatic rings. The van der Waals surface area contributed by atoms with Crippen molar-refractivity contribution in [3.05, 3.63) is 11.6 Å². The van der Waals surface area contributed by atoms with Crippen LogP contribution in [0.4, 0.5) is 0 Å². The van der Waals surface area contributed by atoms with Crippen molar-refractivity contribution in [1.29, 1.82) is 0 Å². The maximum atomic E-state index is 11.9. The van der Waals surface area contributed by atoms with Gasteiger partial charge in [-0.05, 0) is 98.7 Å². The molecule has 5 saturated heterocycles. The summed E-state index contributed by atoms with van der Waals surface area (Å²) >= 11 is 0. The summed E-state index contributed by atoms with van der Waals surface area (Å²) in [5.41, 5.74) is 1.54. The summed E-state index contributed by atoms with van der Waals surface area (Å²) in [5, 5.41) is 85.1. The number of fused-ring (bicyclic) bond motifs is 7. The molecule has 5 heterocycles. The summed E-state index contributed by atoms with van der Waals surface area (Å²) in [7, 11) is 0. The zero-order valence-corrected chi connectivity index (χ0v) is 35.6. The van der Waals surface area contributed by atoms with Crippen molar-refractivity contribution < 1.29 is 78.7 Å². The number of allylic oxidation sites excluding steroid dienone is 1. The van der Waals surface area contributed by atoms with Crippen LogP contribution in [0.25, 0.3) is 0 Å². The van der Waals surface area contributed by atoms with Gasteiger partial charge in [0.1, 0.15) is 61.0 Å². The summed E-state index contributed by atoms with van der Waals surface area (Å²) in [4.78, 5) is 0. The van der Waals surface area contributed by atoms with Crippen LogP contribution in [0.5, 0.6) is 0 Å². The highest BCUT2D eigenvalue weighted by Gasteiger charge is 2.69. The predicted molar refractivity (Wildman–Crippen MR) is 208 cm³/mol. The number of rotatable bonds is 7. The van der Waals surface area contributed by atoms with E-state index in [-0.39, 0.29) is 29.6 Å². The molecule has 342 valence electrons. The molecular formula is C44H70O16. The lowest BCUT2D eigenvalue weighted by atomic mass is 9.47. The van der Waals surface area contributed by atoms with Crippen LogP contribution in [0.15, 0.2) is 11.6 Å². The molecular weight excluding hydrogens is 784 g/mol. The molecule has 25 atom stereocenters. The van der Waals surface area contributed by atoms with Gasteiger partial charge in [-0.2, -0.15) is 0 Å². The molecule has 0 aromatic carbocycles. The first-order valence-electron chi connectivity index (χ1n) is 22.8. The van der Waals surface area contributed by atoms with Gasteiger partial charge in [-0.15, -0.1) is 0 Å². The minimum absolute atomic E-state index is 0.0142. The Morgan fingerprint density at radius 1 is 0.733 bits per heavy atom. The largest absolute Gasteiger partial charge is 0.394 e. The fraction of sp³-hybridized carbons (Fsp3) is 0.955. The first-order valence-corrected chi connectivity index (χ1v) is 22.8. The van der Waals surface area contributed by atoms with E-state index in [1.807, 2.05) is 0 Å². The number of ether oxygens (including phenoxy) is 8. The minimum Gasteiger partial charge on any atom is -0.394 e. The predicted octanol–water partition coefficient (Wildman–Crippen LogP) is 0.853. The van der Waals surface area contributed by atoms with Gasteiger partial charge >= 0.3 is 0 Å². The van der Waals surface area contributed by atoms with Gasteiger partial charge in [-0.1, -0.05) is 39.3 Å². The van der Waals surface area contributed by atoms with E-state index in [0.29, 0.717) is 48.3 Å². The van der Waals surface area contributed by atoms with E-state index in [2.05, 4.69) is 33.8 Å². The average molecular weight is 855 g/mol. The summed E-state index contributed by atoms with van der Waals surface area (Å²) in [6, 6.07) is 0. The fourth-order valence-electron chi connectivity index (χ4n) is 13.7. The molecule has 16 heteroatoms. The van der Waals surface area contributed by atoms with Gasteiger partial charge in [0.05, 0.1) is 38.1 Å². The van der Waals surface area contributed by atoms with Crippen LogP contribution < -0.4 is 0 Å². The van der Waals surface area contributed by atoms with Crippen molar-refractivity contribution >= 4 is 0 Å². The Hall–Kier alpha value is -0.900. The van der Waals surface area contributed by atoms with E-state index in [1.54, 1.807) is 0 Å². The van der Waals surface area contributed by atoms with Gasteiger partial charge in [-0.3, -0.25) is 0 Å². The maximum absolute atomic E-state index is 11.9. The van der Waals surface area contributed by atoms with E-state index in [4.69, 9.17) is 37.9 Å². The lowest BCUT2D eigenvalue weighted by Crippen LogP contribution is -2.66. The van der Waals surface area contributed by atoms with E-state index in [0.717, 1.165) is 45.1 Å². The Kier molecular flexibility index (Phi) is 12.2. The molecule has 0 amide bonds. The molecule has 3 saturated carbocycles. The van der Waals surface area contributed by atoms with Crippen molar-refractivity contribution in [3.8, 4) is 0 Å². The van der Waals surface area contributed by atoms with Crippen LogP contribution in [-0.4, -0.2) is 165 Å². The molecule has 0 aromatic rings. The van der Waals surface area contributed by atoms with E-state index < -0.39 is 98.4 Å². The molecule has 0 aromatic heterocycles. The van der Waals surface area contributed by atoms with Crippen LogP contribution in [0.3, 0.4) is 0 Å². The summed E-state index contributed by atoms with van der Waals surface area (Å²) in [6.45, 7) is 10.9. The highest BCUT2D eigenvalue weighted by molar-refractivity contribution is 5.26. The second-order valence-electron chi connectivity index (χ2n) is 20.6. The molecule has 60 heavy (non-hydrogen) atoms. The van der Waals surface area contributed by atoms with Crippen molar-refractivity contribution in [2.24, 2.45) is 46.3 Å². The SMILES string of the molecule is CC1C2C(CC3C4CC=C5C[C@@H](O[C@@H]6O[C@H](CO)[C@@H](O[C@@H]7OC[C@H](O)[C@H](O)[C@H]7O)[C@H](O)[C@H]6O[C@@H]6O[C@@H](C)[C@H](O)[C@@H](O)[C@H]6O)CC[C@@]5(C)C4CC[C@]32C)O[C@]12CC[C@@H](C)CO2. The lowest BCUT2D eigenvalue weighted by Gasteiger charge is -2.58. The Balaban J connectivity index is 0.913. The normalized spacial score (nSPS) is 57.9. The monoisotopic (exact) mass is 854 g/mol. The number of aliphatic hydroxyl groups excluding tert-OH is 8. The average Bonchev–Trinajstić information content (AvgIpc) is 3.68. The van der Waals surface area contributed by atoms with Crippen molar-refractivity contribution in [2.75, 3.05) is 19.8 Å². The highest BCUT2D eigenvalue weighted by atomic mass is 16.8. The van der Waals surface area contributed by atoms with Gasteiger partial charge in [0.15, 0.2) is 24.7 Å². The first kappa shape index (κ1) is 44.3. The molecule has 0 bridgehead atoms. The molecule has 5 aliphatic heterocycles. The number of aliphatic hydroxyl groups is 8. The van der Waals surface area contributed by atoms with Gasteiger partial charge in [0.2, 0.25) is 0 Å². The van der Waals surface area contributed by atoms with Crippen LogP contribution in [0.2, 0.25) is 0 Å². The smallest absolute Gasteiger partial charge is 0.187 e. The first-order chi connectivity index (χ1) is 28.5. The Bertz CT molecular complexity index is 1560. The zero-order valence-electron chi connectivity index (χ0n) is 35.6. The van der Waals surface area contributed by atoms with Crippen LogP contribution in [-0.2, 0) is 37.9 Å². The van der Waals surface area contributed by atoms with Gasteiger partial charge in [0, 0.05) is 12.3 Å². The summed E-state index contributed by atoms with van der Waals surface area (Å²) in [6.07, 6.45) is -9.25. The van der Waals surface area contributed by atoms with Crippen molar-refractivity contribution in [2.45, 2.75) is 196 Å². The van der Waals surface area contributed by atoms with Gasteiger partial charge in [0.25, 0.3) is 0 Å². The molecule has 8 N–H and O–H groups in total. The molecule has 0 radical (unpaired) electrons. The molecule has 4 aliphatic carbocycles. The van der Waals surface area contributed by atoms with Crippen LogP contribution in [0.1, 0.15) is 92.4 Å². The number of hydrogen-bond acceptors (Lipinski definition) is 16. The molecule has 1 spiro atoms. The lowest BCUT2D eigenvalue weighted by molar-refractivity contribution is -0.385. The Labute approximate surface area is 352 Å². The topological polar surface area (TPSA) is 236 Å². The van der Waals surface area contributed by atoms with Crippen molar-refractivity contribution in [1.82, 2.24) is 0 Å². The quantitative estimate of drug-likeness (QED) is 0.166. The molecule has 6 unspecified atom stereocenters. The van der Waals surface area contributed by atoms with E-state index in [1.165, 1.54) is 18.9 Å². The maximum Gasteiger partial charge on any atom is 0.187 e. The van der Waals surface area contributed by atoms with E-state index in [9.17, 15) is 40.9 Å². The van der Waals surface area contributed by atoms with E-state index >= 15 is 0 Å². The second-order valence-corrected chi connectivity index (χ2v) is 20.6. The summed E-state index contributed by atoms with van der Waals surface area (Å²) in [5.74, 6) is 2.65. The van der Waals surface area contributed by atoms with Crippen molar-refractivity contribution in [3.63, 3.8) is 0 Å². The molecule has 8 fully saturated rings. The third kappa shape index (κ3) is 7.19. The van der Waals surface area contributed by atoms with Gasteiger partial charge in [-0.25, -0.2) is 0 Å². The molecule has 9 rings (SSSR count). The Morgan fingerprint density at radius 3 is 2.22 bits per heavy atom. The van der Waals surface area contributed by atoms with Gasteiger partial charge < -0.3 is 78.7 Å². The highest BCUT2D eigenvalue weighted by Crippen LogP contribution is 2.70. The minimum atomic E-state index is -1.70. The fourth-order valence-corrected chi connectivity index (χ4v) is 13.7. The number of hydrogen-bond donors (Lipinski definition) is 8. The standard InChI is InChI=1S/C44H70O16/c1-19-8-13-44(54-17-19)20(2)30-28(60-44)15-26-24-7-6-22-14-23(9-11-42(22,4)25(24)10-12-43(26,30)5)56-41-38(59-40-35(51)33(49)31(47)21(3)55-40)36(52)37(29(16-45)57-41)58-39-34(50)32(48)27(46)18-53-39/h6,19-21,23-41,45-52H,7-18H2,1-5H3/t19-,20?,21+,23+,24?,25?,26?,27+,28?,29-,30?,31+,32+,33-,34-,35-,36+,37-,38-,39+,40+,41-,42-,43-,44-/m1/s1. The second kappa shape index (κ2) is 16.5. The Morgan fingerprint density at radius 2 is 1.48 bits per heavy atom. The summed E-state index contributed by atoms with van der Waals surface area (Å²) < 4.78 is 49.8. The van der Waals surface area contributed by atoms with Crippen LogP contribution >= 0.6 is 0 Å². The molecule has 16 nitrogen and oxygen atoms in total. The zero-order chi connectivity index (χ0) is 42.6.